The van der Waals surface area contributed by atoms with E-state index in [0.29, 0.717) is 10.3 Å². The van der Waals surface area contributed by atoms with Gasteiger partial charge in [0.15, 0.2) is 5.78 Å². The molecule has 1 heterocycles. The Labute approximate surface area is 108 Å². The minimum Gasteiger partial charge on any atom is -0.492 e. The van der Waals surface area contributed by atoms with Crippen LogP contribution in [-0.4, -0.2) is 26.7 Å². The van der Waals surface area contributed by atoms with Crippen LogP contribution in [0.3, 0.4) is 0 Å². The Morgan fingerprint density at radius 1 is 0.947 bits per heavy atom. The molecule has 0 atom stereocenters. The predicted molar refractivity (Wildman–Crippen MR) is 65.1 cm³/mol. The lowest BCUT2D eigenvalue weighted by atomic mass is 10.1. The van der Waals surface area contributed by atoms with Crippen LogP contribution in [0.5, 0.6) is 11.8 Å². The highest BCUT2D eigenvalue weighted by Gasteiger charge is 2.14. The Bertz CT molecular complexity index is 607. The zero-order valence-electron chi connectivity index (χ0n) is 10.0. The van der Waals surface area contributed by atoms with Crippen molar-refractivity contribution in [1.82, 2.24) is 4.73 Å². The van der Waals surface area contributed by atoms with Gasteiger partial charge >= 0.3 is 5.97 Å². The number of aromatic nitrogens is 1. The predicted octanol–water partition coefficient (Wildman–Crippen LogP) is 1.37. The summed E-state index contributed by atoms with van der Waals surface area (Å²) in [6.07, 6.45) is 0. The Balaban J connectivity index is 2.18. The highest BCUT2D eigenvalue weighted by atomic mass is 16.7. The molecule has 1 aromatic carbocycles. The Morgan fingerprint density at radius 2 is 1.42 bits per heavy atom. The van der Waals surface area contributed by atoms with Gasteiger partial charge in [-0.3, -0.25) is 4.79 Å². The number of nitrogens with zero attached hydrogens (tertiary/aromatic N) is 1. The molecule has 98 valence electrons. The summed E-state index contributed by atoms with van der Waals surface area (Å²) in [4.78, 5) is 27.6. The van der Waals surface area contributed by atoms with Gasteiger partial charge in [0.25, 0.3) is 0 Å². The molecule has 0 fully saturated rings. The van der Waals surface area contributed by atoms with Crippen LogP contribution < -0.4 is 4.84 Å². The smallest absolute Gasteiger partial charge is 0.363 e. The summed E-state index contributed by atoms with van der Waals surface area (Å²) < 4.78 is 0.598. The van der Waals surface area contributed by atoms with Crippen molar-refractivity contribution in [2.45, 2.75) is 6.92 Å². The standard InChI is InChI=1S/C13H11NO5/c1-8(15)9-2-4-10(5-3-9)13(18)19-14-11(16)6-7-12(14)17/h2-7,16-17H,1H3. The Hall–Kier alpha value is -2.76. The third-order valence-electron chi connectivity index (χ3n) is 2.50. The number of ketones is 1. The minimum atomic E-state index is -0.767. The molecule has 0 spiro atoms. The summed E-state index contributed by atoms with van der Waals surface area (Å²) in [5.41, 5.74) is 0.667. The van der Waals surface area contributed by atoms with Crippen molar-refractivity contribution in [3.8, 4) is 11.8 Å². The maximum absolute atomic E-state index is 11.7. The molecule has 0 aliphatic carbocycles. The zero-order valence-corrected chi connectivity index (χ0v) is 10.0. The van der Waals surface area contributed by atoms with Crippen LogP contribution in [0.2, 0.25) is 0 Å². The van der Waals surface area contributed by atoms with E-state index < -0.39 is 17.7 Å². The Morgan fingerprint density at radius 3 is 1.89 bits per heavy atom. The molecule has 0 unspecified atom stereocenters. The van der Waals surface area contributed by atoms with Crippen molar-refractivity contribution in [3.63, 3.8) is 0 Å². The molecular formula is C13H11NO5. The van der Waals surface area contributed by atoms with E-state index in [1.54, 1.807) is 0 Å². The normalized spacial score (nSPS) is 10.2. The van der Waals surface area contributed by atoms with Gasteiger partial charge in [-0.05, 0) is 19.1 Å². The summed E-state index contributed by atoms with van der Waals surface area (Å²) in [5, 5.41) is 18.7. The van der Waals surface area contributed by atoms with Gasteiger partial charge in [-0.25, -0.2) is 4.79 Å². The molecule has 2 rings (SSSR count). The molecule has 1 aromatic heterocycles. The van der Waals surface area contributed by atoms with E-state index in [1.165, 1.54) is 43.3 Å². The van der Waals surface area contributed by atoms with Gasteiger partial charge in [0.1, 0.15) is 0 Å². The summed E-state index contributed by atoms with van der Waals surface area (Å²) in [7, 11) is 0. The van der Waals surface area contributed by atoms with Gasteiger partial charge in [-0.1, -0.05) is 12.1 Å². The largest absolute Gasteiger partial charge is 0.492 e. The molecule has 19 heavy (non-hydrogen) atoms. The molecule has 0 saturated carbocycles. The maximum atomic E-state index is 11.7. The number of aromatic hydroxyl groups is 2. The fraction of sp³-hybridized carbons (Fsp3) is 0.0769. The highest BCUT2D eigenvalue weighted by Crippen LogP contribution is 2.19. The molecule has 0 aliphatic heterocycles. The van der Waals surface area contributed by atoms with Crippen molar-refractivity contribution < 1.29 is 24.6 Å². The molecular weight excluding hydrogens is 250 g/mol. The van der Waals surface area contributed by atoms with Crippen LogP contribution in [-0.2, 0) is 0 Å². The van der Waals surface area contributed by atoms with Gasteiger partial charge in [0.05, 0.1) is 5.56 Å². The second-order valence-corrected chi connectivity index (χ2v) is 3.86. The quantitative estimate of drug-likeness (QED) is 0.814. The second-order valence-electron chi connectivity index (χ2n) is 3.86. The minimum absolute atomic E-state index is 0.111. The van der Waals surface area contributed by atoms with E-state index in [9.17, 15) is 19.8 Å². The van der Waals surface area contributed by atoms with Gasteiger partial charge < -0.3 is 15.1 Å². The molecule has 0 bridgehead atoms. The highest BCUT2D eigenvalue weighted by molar-refractivity contribution is 5.96. The van der Waals surface area contributed by atoms with Crippen molar-refractivity contribution in [2.24, 2.45) is 0 Å². The maximum Gasteiger partial charge on any atom is 0.363 e. The van der Waals surface area contributed by atoms with Gasteiger partial charge in [-0.15, -0.1) is 4.73 Å². The van der Waals surface area contributed by atoms with Crippen LogP contribution >= 0.6 is 0 Å². The molecule has 2 aromatic rings. The van der Waals surface area contributed by atoms with Crippen molar-refractivity contribution in [1.29, 1.82) is 0 Å². The first-order valence-electron chi connectivity index (χ1n) is 5.42. The first kappa shape index (κ1) is 12.7. The van der Waals surface area contributed by atoms with Crippen LogP contribution in [0.25, 0.3) is 0 Å². The third-order valence-corrected chi connectivity index (χ3v) is 2.50. The van der Waals surface area contributed by atoms with Crippen LogP contribution in [0.1, 0.15) is 27.6 Å². The summed E-state index contributed by atoms with van der Waals surface area (Å²) in [6, 6.07) is 8.21. The number of hydrogen-bond acceptors (Lipinski definition) is 5. The number of carbonyl (C=O) groups is 2. The number of carbonyl (C=O) groups excluding carboxylic acids is 2. The molecule has 0 amide bonds. The van der Waals surface area contributed by atoms with E-state index in [-0.39, 0.29) is 11.3 Å². The van der Waals surface area contributed by atoms with Gasteiger partial charge in [0.2, 0.25) is 11.8 Å². The number of Topliss-reactive ketones (excluding diaryl/α,β-unsaturated/α-hetero) is 1. The van der Waals surface area contributed by atoms with Gasteiger partial charge in [0, 0.05) is 17.7 Å². The van der Waals surface area contributed by atoms with E-state index in [4.69, 9.17) is 4.84 Å². The number of benzene rings is 1. The van der Waals surface area contributed by atoms with E-state index in [1.807, 2.05) is 0 Å². The topological polar surface area (TPSA) is 88.8 Å². The number of rotatable bonds is 3. The fourth-order valence-electron chi connectivity index (χ4n) is 1.47. The number of hydrogen-bond donors (Lipinski definition) is 2. The third kappa shape index (κ3) is 2.57. The molecule has 0 radical (unpaired) electrons. The lowest BCUT2D eigenvalue weighted by Crippen LogP contribution is -2.19. The van der Waals surface area contributed by atoms with E-state index >= 15 is 0 Å². The fourth-order valence-corrected chi connectivity index (χ4v) is 1.47. The van der Waals surface area contributed by atoms with Crippen LogP contribution in [0.4, 0.5) is 0 Å². The molecule has 6 heteroatoms. The SMILES string of the molecule is CC(=O)c1ccc(C(=O)On2c(O)ccc2O)cc1. The lowest BCUT2D eigenvalue weighted by molar-refractivity contribution is 0.0381. The zero-order chi connectivity index (χ0) is 14.0. The Kier molecular flexibility index (Phi) is 3.24. The van der Waals surface area contributed by atoms with E-state index in [0.717, 1.165) is 0 Å². The summed E-state index contributed by atoms with van der Waals surface area (Å²) in [6.45, 7) is 1.42. The first-order valence-corrected chi connectivity index (χ1v) is 5.42. The van der Waals surface area contributed by atoms with Crippen molar-refractivity contribution in [3.05, 3.63) is 47.5 Å². The average molecular weight is 261 g/mol. The van der Waals surface area contributed by atoms with Crippen LogP contribution in [0.15, 0.2) is 36.4 Å². The lowest BCUT2D eigenvalue weighted by Gasteiger charge is -2.06. The van der Waals surface area contributed by atoms with E-state index in [2.05, 4.69) is 0 Å². The molecule has 0 aliphatic rings. The molecule has 0 saturated heterocycles. The van der Waals surface area contributed by atoms with Crippen LogP contribution in [0, 0.1) is 0 Å². The second kappa shape index (κ2) is 4.85. The van der Waals surface area contributed by atoms with Crippen molar-refractivity contribution in [2.75, 3.05) is 0 Å². The molecule has 6 nitrogen and oxygen atoms in total. The molecule has 2 N–H and O–H groups in total. The first-order chi connectivity index (χ1) is 8.99. The summed E-state index contributed by atoms with van der Waals surface area (Å²) >= 11 is 0. The van der Waals surface area contributed by atoms with Crippen molar-refractivity contribution >= 4 is 11.8 Å². The monoisotopic (exact) mass is 261 g/mol. The summed E-state index contributed by atoms with van der Waals surface area (Å²) in [5.74, 6) is -1.67. The average Bonchev–Trinajstić information content (AvgIpc) is 2.70. The van der Waals surface area contributed by atoms with Gasteiger partial charge in [-0.2, -0.15) is 0 Å².